The molecular weight excluding hydrogens is 342 g/mol. The molecule has 0 unspecified atom stereocenters. The summed E-state index contributed by atoms with van der Waals surface area (Å²) in [4.78, 5) is 23.5. The molecule has 0 radical (unpaired) electrons. The quantitative estimate of drug-likeness (QED) is 0.467. The van der Waals surface area contributed by atoms with E-state index in [1.807, 2.05) is 12.1 Å². The van der Waals surface area contributed by atoms with Crippen LogP contribution in [0.4, 0.5) is 0 Å². The molecule has 2 aromatic rings. The maximum absolute atomic E-state index is 11.8. The van der Waals surface area contributed by atoms with Crippen LogP contribution in [0.25, 0.3) is 0 Å². The number of amides is 2. The molecule has 1 aromatic carbocycles. The van der Waals surface area contributed by atoms with Gasteiger partial charge in [0.05, 0.1) is 0 Å². The van der Waals surface area contributed by atoms with Crippen molar-refractivity contribution in [1.29, 1.82) is 0 Å². The minimum Gasteiger partial charge on any atom is -0.484 e. The molecular formula is C16H19N5O3S. The van der Waals surface area contributed by atoms with Crippen LogP contribution in [-0.2, 0) is 11.2 Å². The number of ether oxygens (including phenoxy) is 1. The van der Waals surface area contributed by atoms with E-state index < -0.39 is 11.8 Å². The van der Waals surface area contributed by atoms with E-state index in [4.69, 9.17) is 17.0 Å². The fourth-order valence-corrected chi connectivity index (χ4v) is 2.04. The Bertz CT molecular complexity index is 757. The second-order valence-corrected chi connectivity index (χ2v) is 5.59. The lowest BCUT2D eigenvalue weighted by molar-refractivity contribution is -0.121. The van der Waals surface area contributed by atoms with Crippen molar-refractivity contribution in [3.8, 4) is 5.75 Å². The van der Waals surface area contributed by atoms with Crippen LogP contribution in [-0.4, -0.2) is 33.7 Å². The number of carbonyl (C=O) groups is 2. The zero-order valence-corrected chi connectivity index (χ0v) is 14.7. The Kier molecular flexibility index (Phi) is 6.47. The molecule has 2 rings (SSSR count). The van der Waals surface area contributed by atoms with E-state index in [0.29, 0.717) is 5.75 Å². The van der Waals surface area contributed by atoms with E-state index in [9.17, 15) is 9.59 Å². The Balaban J connectivity index is 1.70. The lowest BCUT2D eigenvalue weighted by atomic mass is 10.2. The third-order valence-electron chi connectivity index (χ3n) is 3.18. The highest BCUT2D eigenvalue weighted by molar-refractivity contribution is 7.80. The second kappa shape index (κ2) is 8.78. The Morgan fingerprint density at radius 1 is 1.24 bits per heavy atom. The standard InChI is InChI=1S/C16H19N5O3S/c1-3-11-4-6-12(7-5-11)24-9-14(22)17-16(25)21-20-15(23)13-8-10(2)18-19-13/h4-8H,3,9H2,1-2H3,(H,18,19)(H,20,23)(H2,17,21,22,25). The van der Waals surface area contributed by atoms with Crippen LogP contribution in [0.1, 0.15) is 28.7 Å². The van der Waals surface area contributed by atoms with Gasteiger partial charge in [0, 0.05) is 5.69 Å². The van der Waals surface area contributed by atoms with Crippen molar-refractivity contribution >= 4 is 29.1 Å². The van der Waals surface area contributed by atoms with E-state index in [2.05, 4.69) is 33.3 Å². The molecule has 1 heterocycles. The number of H-pyrrole nitrogens is 1. The number of nitrogens with one attached hydrogen (secondary N) is 4. The van der Waals surface area contributed by atoms with Gasteiger partial charge in [-0.05, 0) is 49.3 Å². The maximum Gasteiger partial charge on any atom is 0.290 e. The van der Waals surface area contributed by atoms with Crippen molar-refractivity contribution in [2.75, 3.05) is 6.61 Å². The smallest absolute Gasteiger partial charge is 0.290 e. The van der Waals surface area contributed by atoms with Gasteiger partial charge in [0.15, 0.2) is 17.4 Å². The predicted molar refractivity (Wildman–Crippen MR) is 96.0 cm³/mol. The van der Waals surface area contributed by atoms with Crippen LogP contribution in [0.15, 0.2) is 30.3 Å². The molecule has 0 aliphatic carbocycles. The number of benzene rings is 1. The van der Waals surface area contributed by atoms with Crippen LogP contribution in [0.5, 0.6) is 5.75 Å². The van der Waals surface area contributed by atoms with Gasteiger partial charge in [0.2, 0.25) is 0 Å². The largest absolute Gasteiger partial charge is 0.484 e. The zero-order chi connectivity index (χ0) is 18.2. The van der Waals surface area contributed by atoms with Crippen LogP contribution in [0.2, 0.25) is 0 Å². The SMILES string of the molecule is CCc1ccc(OCC(=O)NC(=S)NNC(=O)c2cc(C)[nH]n2)cc1. The van der Waals surface area contributed by atoms with Gasteiger partial charge in [-0.15, -0.1) is 0 Å². The summed E-state index contributed by atoms with van der Waals surface area (Å²) in [5.74, 6) is -0.330. The fraction of sp³-hybridized carbons (Fsp3) is 0.250. The number of aromatic amines is 1. The van der Waals surface area contributed by atoms with Crippen molar-refractivity contribution < 1.29 is 14.3 Å². The number of aromatic nitrogens is 2. The highest BCUT2D eigenvalue weighted by atomic mass is 32.1. The molecule has 2 amide bonds. The minimum absolute atomic E-state index is 0.0458. The summed E-state index contributed by atoms with van der Waals surface area (Å²) in [5.41, 5.74) is 6.91. The number of thiocarbonyl (C=S) groups is 1. The number of hydrogen-bond donors (Lipinski definition) is 4. The van der Waals surface area contributed by atoms with Crippen LogP contribution < -0.4 is 20.9 Å². The molecule has 9 heteroatoms. The van der Waals surface area contributed by atoms with Gasteiger partial charge in [-0.2, -0.15) is 5.10 Å². The van der Waals surface area contributed by atoms with Crippen molar-refractivity contribution in [2.24, 2.45) is 0 Å². The second-order valence-electron chi connectivity index (χ2n) is 5.18. The van der Waals surface area contributed by atoms with Gasteiger partial charge < -0.3 is 4.74 Å². The summed E-state index contributed by atoms with van der Waals surface area (Å²) < 4.78 is 5.36. The molecule has 4 N–H and O–H groups in total. The summed E-state index contributed by atoms with van der Waals surface area (Å²) in [6, 6.07) is 9.05. The number of aryl methyl sites for hydroxylation is 2. The van der Waals surface area contributed by atoms with Crippen molar-refractivity contribution in [2.45, 2.75) is 20.3 Å². The number of hydrogen-bond acceptors (Lipinski definition) is 5. The van der Waals surface area contributed by atoms with Crippen molar-refractivity contribution in [3.05, 3.63) is 47.3 Å². The molecule has 0 atom stereocenters. The van der Waals surface area contributed by atoms with E-state index >= 15 is 0 Å². The van der Waals surface area contributed by atoms with Gasteiger partial charge in [-0.3, -0.25) is 30.9 Å². The van der Waals surface area contributed by atoms with Gasteiger partial charge in [-0.1, -0.05) is 19.1 Å². The third kappa shape index (κ3) is 5.88. The molecule has 0 fully saturated rings. The normalized spacial score (nSPS) is 10.0. The summed E-state index contributed by atoms with van der Waals surface area (Å²) in [6.45, 7) is 3.64. The van der Waals surface area contributed by atoms with E-state index in [1.165, 1.54) is 5.56 Å². The average Bonchev–Trinajstić information content (AvgIpc) is 3.05. The first-order valence-corrected chi connectivity index (χ1v) is 8.02. The van der Waals surface area contributed by atoms with Crippen molar-refractivity contribution in [3.63, 3.8) is 0 Å². The summed E-state index contributed by atoms with van der Waals surface area (Å²) in [7, 11) is 0. The molecule has 0 bridgehead atoms. The average molecular weight is 361 g/mol. The molecule has 0 aliphatic heterocycles. The minimum atomic E-state index is -0.479. The summed E-state index contributed by atoms with van der Waals surface area (Å²) >= 11 is 4.93. The zero-order valence-electron chi connectivity index (χ0n) is 13.9. The highest BCUT2D eigenvalue weighted by Gasteiger charge is 2.10. The molecule has 1 aromatic heterocycles. The van der Waals surface area contributed by atoms with Gasteiger partial charge in [0.1, 0.15) is 5.75 Å². The van der Waals surface area contributed by atoms with Gasteiger partial charge >= 0.3 is 0 Å². The van der Waals surface area contributed by atoms with Crippen LogP contribution in [0.3, 0.4) is 0 Å². The molecule has 25 heavy (non-hydrogen) atoms. The fourth-order valence-electron chi connectivity index (χ4n) is 1.88. The summed E-state index contributed by atoms with van der Waals surface area (Å²) in [5, 5.41) is 8.81. The Labute approximate surface area is 150 Å². The van der Waals surface area contributed by atoms with Crippen LogP contribution >= 0.6 is 12.2 Å². The van der Waals surface area contributed by atoms with Gasteiger partial charge in [-0.25, -0.2) is 0 Å². The number of carbonyl (C=O) groups excluding carboxylic acids is 2. The van der Waals surface area contributed by atoms with E-state index in [-0.39, 0.29) is 17.4 Å². The molecule has 0 aliphatic rings. The number of hydrazine groups is 1. The Morgan fingerprint density at radius 3 is 2.56 bits per heavy atom. The van der Waals surface area contributed by atoms with Crippen molar-refractivity contribution in [1.82, 2.24) is 26.4 Å². The Morgan fingerprint density at radius 2 is 1.96 bits per heavy atom. The monoisotopic (exact) mass is 361 g/mol. The Hall–Kier alpha value is -2.94. The molecule has 8 nitrogen and oxygen atoms in total. The molecule has 0 spiro atoms. The van der Waals surface area contributed by atoms with E-state index in [0.717, 1.165) is 12.1 Å². The number of rotatable bonds is 5. The highest BCUT2D eigenvalue weighted by Crippen LogP contribution is 2.12. The molecule has 132 valence electrons. The first-order chi connectivity index (χ1) is 12.0. The lowest BCUT2D eigenvalue weighted by Gasteiger charge is -2.10. The van der Waals surface area contributed by atoms with E-state index in [1.54, 1.807) is 25.1 Å². The summed E-state index contributed by atoms with van der Waals surface area (Å²) in [6.07, 6.45) is 0.935. The van der Waals surface area contributed by atoms with Crippen LogP contribution in [0, 0.1) is 6.92 Å². The topological polar surface area (TPSA) is 108 Å². The first-order valence-electron chi connectivity index (χ1n) is 7.62. The lowest BCUT2D eigenvalue weighted by Crippen LogP contribution is -2.49. The predicted octanol–water partition coefficient (Wildman–Crippen LogP) is 0.995. The first kappa shape index (κ1) is 18.4. The maximum atomic E-state index is 11.8. The molecule has 0 saturated carbocycles. The number of nitrogens with zero attached hydrogens (tertiary/aromatic N) is 1. The third-order valence-corrected chi connectivity index (χ3v) is 3.39. The molecule has 0 saturated heterocycles. The van der Waals surface area contributed by atoms with Gasteiger partial charge in [0.25, 0.3) is 11.8 Å².